The van der Waals surface area contributed by atoms with Crippen molar-refractivity contribution in [1.29, 1.82) is 0 Å². The van der Waals surface area contributed by atoms with Gasteiger partial charge in [0.05, 0.1) is 26.9 Å². The Morgan fingerprint density at radius 3 is 2.44 bits per heavy atom. The number of alkyl carbamates (subject to hydrolysis) is 1. The third-order valence-electron chi connectivity index (χ3n) is 5.24. The van der Waals surface area contributed by atoms with Gasteiger partial charge in [0, 0.05) is 5.56 Å². The SMILES string of the molecule is COC(=O)c1nc(-c2ccc(OC)c(OCC3CC3)c2)oc1C(NC(=O)OC(C)(C)C)C(C)C. The largest absolute Gasteiger partial charge is 0.493 e. The third kappa shape index (κ3) is 6.42. The smallest absolute Gasteiger partial charge is 0.408 e. The van der Waals surface area contributed by atoms with Gasteiger partial charge in [-0.15, -0.1) is 0 Å². The van der Waals surface area contributed by atoms with Gasteiger partial charge in [0.25, 0.3) is 0 Å². The van der Waals surface area contributed by atoms with Gasteiger partial charge in [0.2, 0.25) is 5.89 Å². The zero-order chi connectivity index (χ0) is 25.0. The number of oxazole rings is 1. The van der Waals surface area contributed by atoms with Crippen molar-refractivity contribution in [2.45, 2.75) is 59.1 Å². The van der Waals surface area contributed by atoms with Crippen LogP contribution in [0.2, 0.25) is 0 Å². The number of carbonyl (C=O) groups excluding carboxylic acids is 2. The minimum absolute atomic E-state index is 0.0106. The van der Waals surface area contributed by atoms with Crippen LogP contribution in [0.1, 0.15) is 69.8 Å². The van der Waals surface area contributed by atoms with Crippen molar-refractivity contribution < 1.29 is 33.0 Å². The molecule has 0 bridgehead atoms. The van der Waals surface area contributed by atoms with Crippen molar-refractivity contribution >= 4 is 12.1 Å². The molecule has 3 rings (SSSR count). The maximum Gasteiger partial charge on any atom is 0.408 e. The van der Waals surface area contributed by atoms with Crippen molar-refractivity contribution in [3.05, 3.63) is 29.7 Å². The number of hydrogen-bond donors (Lipinski definition) is 1. The van der Waals surface area contributed by atoms with Crippen molar-refractivity contribution in [2.75, 3.05) is 20.8 Å². The molecule has 1 aliphatic rings. The molecule has 9 nitrogen and oxygen atoms in total. The van der Waals surface area contributed by atoms with E-state index in [0.717, 1.165) is 12.8 Å². The molecule has 1 heterocycles. The molecule has 1 N–H and O–H groups in total. The normalized spacial score (nSPS) is 14.5. The van der Waals surface area contributed by atoms with Crippen LogP contribution in [0.3, 0.4) is 0 Å². The Morgan fingerprint density at radius 2 is 1.88 bits per heavy atom. The van der Waals surface area contributed by atoms with Gasteiger partial charge >= 0.3 is 12.1 Å². The summed E-state index contributed by atoms with van der Waals surface area (Å²) in [4.78, 5) is 29.4. The van der Waals surface area contributed by atoms with Crippen LogP contribution in [0, 0.1) is 11.8 Å². The molecule has 0 spiro atoms. The van der Waals surface area contributed by atoms with Gasteiger partial charge in [-0.1, -0.05) is 13.8 Å². The Morgan fingerprint density at radius 1 is 1.18 bits per heavy atom. The van der Waals surface area contributed by atoms with E-state index < -0.39 is 23.7 Å². The van der Waals surface area contributed by atoms with Crippen molar-refractivity contribution in [3.63, 3.8) is 0 Å². The minimum atomic E-state index is -0.677. The van der Waals surface area contributed by atoms with E-state index in [1.54, 1.807) is 46.1 Å². The number of hydrogen-bond acceptors (Lipinski definition) is 8. The number of benzene rings is 1. The van der Waals surface area contributed by atoms with E-state index >= 15 is 0 Å². The molecule has 1 saturated carbocycles. The molecule has 0 saturated heterocycles. The van der Waals surface area contributed by atoms with Crippen LogP contribution in [-0.2, 0) is 9.47 Å². The number of esters is 1. The Kier molecular flexibility index (Phi) is 7.74. The fourth-order valence-electron chi connectivity index (χ4n) is 3.29. The highest BCUT2D eigenvalue weighted by molar-refractivity contribution is 5.89. The summed E-state index contributed by atoms with van der Waals surface area (Å²) in [6.45, 7) is 9.71. The highest BCUT2D eigenvalue weighted by Gasteiger charge is 2.32. The Balaban J connectivity index is 1.97. The molecule has 34 heavy (non-hydrogen) atoms. The zero-order valence-electron chi connectivity index (χ0n) is 20.9. The van der Waals surface area contributed by atoms with Crippen LogP contribution in [0.5, 0.6) is 11.5 Å². The molecule has 1 atom stereocenters. The maximum atomic E-state index is 12.5. The van der Waals surface area contributed by atoms with E-state index in [0.29, 0.717) is 29.6 Å². The van der Waals surface area contributed by atoms with Crippen molar-refractivity contribution in [3.8, 4) is 23.0 Å². The van der Waals surface area contributed by atoms with Crippen LogP contribution in [0.15, 0.2) is 22.6 Å². The Bertz CT molecular complexity index is 1020. The van der Waals surface area contributed by atoms with E-state index in [2.05, 4.69) is 10.3 Å². The van der Waals surface area contributed by atoms with Gasteiger partial charge in [-0.05, 0) is 63.6 Å². The summed E-state index contributed by atoms with van der Waals surface area (Å²) in [7, 11) is 2.84. The topological polar surface area (TPSA) is 109 Å². The number of rotatable bonds is 9. The third-order valence-corrected chi connectivity index (χ3v) is 5.24. The van der Waals surface area contributed by atoms with E-state index in [1.807, 2.05) is 13.8 Å². The number of aromatic nitrogens is 1. The highest BCUT2D eigenvalue weighted by atomic mass is 16.6. The lowest BCUT2D eigenvalue weighted by atomic mass is 10.0. The lowest BCUT2D eigenvalue weighted by molar-refractivity contribution is 0.0473. The summed E-state index contributed by atoms with van der Waals surface area (Å²) >= 11 is 0. The average molecular weight is 475 g/mol. The summed E-state index contributed by atoms with van der Waals surface area (Å²) < 4.78 is 27.7. The number of nitrogens with one attached hydrogen (secondary N) is 1. The fraction of sp³-hybridized carbons (Fsp3) is 0.560. The van der Waals surface area contributed by atoms with Gasteiger partial charge < -0.3 is 28.7 Å². The molecule has 0 aliphatic heterocycles. The molecule has 1 unspecified atom stereocenters. The lowest BCUT2D eigenvalue weighted by Gasteiger charge is -2.24. The predicted molar refractivity (Wildman–Crippen MR) is 125 cm³/mol. The first kappa shape index (κ1) is 25.4. The van der Waals surface area contributed by atoms with Crippen LogP contribution in [0.25, 0.3) is 11.5 Å². The van der Waals surface area contributed by atoms with Gasteiger partial charge in [-0.2, -0.15) is 0 Å². The number of ether oxygens (including phenoxy) is 4. The first-order valence-corrected chi connectivity index (χ1v) is 11.4. The second-order valence-corrected chi connectivity index (χ2v) is 9.71. The molecule has 1 aromatic carbocycles. The molecule has 2 aromatic rings. The summed E-state index contributed by atoms with van der Waals surface area (Å²) in [5, 5.41) is 2.80. The zero-order valence-corrected chi connectivity index (χ0v) is 20.9. The van der Waals surface area contributed by atoms with Crippen molar-refractivity contribution in [2.24, 2.45) is 11.8 Å². The fourth-order valence-corrected chi connectivity index (χ4v) is 3.29. The van der Waals surface area contributed by atoms with Crippen LogP contribution in [-0.4, -0.2) is 43.5 Å². The summed E-state index contributed by atoms with van der Waals surface area (Å²) in [5.41, 5.74) is -0.0881. The van der Waals surface area contributed by atoms with Crippen LogP contribution >= 0.6 is 0 Å². The summed E-state index contributed by atoms with van der Waals surface area (Å²) in [6, 6.07) is 4.63. The second-order valence-electron chi connectivity index (χ2n) is 9.71. The molecule has 9 heteroatoms. The lowest BCUT2D eigenvalue weighted by Crippen LogP contribution is -2.37. The Hall–Kier alpha value is -3.23. The van der Waals surface area contributed by atoms with E-state index in [4.69, 9.17) is 23.4 Å². The van der Waals surface area contributed by atoms with Gasteiger partial charge in [-0.3, -0.25) is 0 Å². The quantitative estimate of drug-likeness (QED) is 0.497. The monoisotopic (exact) mass is 474 g/mol. The molecule has 0 radical (unpaired) electrons. The van der Waals surface area contributed by atoms with Gasteiger partial charge in [0.1, 0.15) is 5.60 Å². The van der Waals surface area contributed by atoms with E-state index in [-0.39, 0.29) is 23.3 Å². The standard InChI is InChI=1S/C25H34N2O7/c1-14(2)19(27-24(29)34-25(3,4)5)21-20(23(28)31-7)26-22(33-21)16-10-11-17(30-6)18(12-16)32-13-15-8-9-15/h10-12,14-15,19H,8-9,13H2,1-7H3,(H,27,29). The molecule has 186 valence electrons. The first-order chi connectivity index (χ1) is 16.0. The maximum absolute atomic E-state index is 12.5. The second kappa shape index (κ2) is 10.4. The highest BCUT2D eigenvalue weighted by Crippen LogP contribution is 2.37. The number of nitrogens with zero attached hydrogens (tertiary/aromatic N) is 1. The molecular weight excluding hydrogens is 440 g/mol. The summed E-state index contributed by atoms with van der Waals surface area (Å²) in [6.07, 6.45) is 1.70. The first-order valence-electron chi connectivity index (χ1n) is 11.4. The predicted octanol–water partition coefficient (Wildman–Crippen LogP) is 5.15. The van der Waals surface area contributed by atoms with E-state index in [9.17, 15) is 9.59 Å². The molecule has 1 amide bonds. The number of amides is 1. The Labute approximate surface area is 200 Å². The van der Waals surface area contributed by atoms with Crippen LogP contribution < -0.4 is 14.8 Å². The van der Waals surface area contributed by atoms with E-state index in [1.165, 1.54) is 7.11 Å². The van der Waals surface area contributed by atoms with Crippen molar-refractivity contribution in [1.82, 2.24) is 10.3 Å². The molecule has 1 fully saturated rings. The molecule has 1 aromatic heterocycles. The van der Waals surface area contributed by atoms with Gasteiger partial charge in [-0.25, -0.2) is 14.6 Å². The van der Waals surface area contributed by atoms with Crippen LogP contribution in [0.4, 0.5) is 4.79 Å². The molecule has 1 aliphatic carbocycles. The number of methoxy groups -OCH3 is 2. The minimum Gasteiger partial charge on any atom is -0.493 e. The molecular formula is C25H34N2O7. The summed E-state index contributed by atoms with van der Waals surface area (Å²) in [5.74, 6) is 1.32. The average Bonchev–Trinajstić information content (AvgIpc) is 3.50. The van der Waals surface area contributed by atoms with Gasteiger partial charge in [0.15, 0.2) is 23.0 Å². The number of carbonyl (C=O) groups is 2.